The minimum absolute atomic E-state index is 0. The van der Waals surface area contributed by atoms with E-state index in [1.165, 1.54) is 18.2 Å². The van der Waals surface area contributed by atoms with Crippen molar-refractivity contribution >= 4 is 35.6 Å². The van der Waals surface area contributed by atoms with Crippen molar-refractivity contribution in [2.45, 2.75) is 44.8 Å². The second-order valence-electron chi connectivity index (χ2n) is 6.48. The second kappa shape index (κ2) is 11.6. The molecule has 28 heavy (non-hydrogen) atoms. The van der Waals surface area contributed by atoms with Crippen LogP contribution >= 0.6 is 24.0 Å². The summed E-state index contributed by atoms with van der Waals surface area (Å²) in [7, 11) is 0. The molecule has 0 spiro atoms. The summed E-state index contributed by atoms with van der Waals surface area (Å²) in [5.74, 6) is -0.688. The minimum Gasteiger partial charge on any atom is -0.365 e. The van der Waals surface area contributed by atoms with Gasteiger partial charge < -0.3 is 15.5 Å². The predicted molar refractivity (Wildman–Crippen MR) is 111 cm³/mol. The summed E-state index contributed by atoms with van der Waals surface area (Å²) in [5, 5.41) is 6.24. The van der Waals surface area contributed by atoms with E-state index in [1.54, 1.807) is 4.90 Å². The first kappa shape index (κ1) is 24.7. The summed E-state index contributed by atoms with van der Waals surface area (Å²) in [6.07, 6.45) is -3.89. The van der Waals surface area contributed by atoms with Gasteiger partial charge in [0.15, 0.2) is 5.96 Å². The van der Waals surface area contributed by atoms with Gasteiger partial charge in [-0.05, 0) is 38.3 Å². The Morgan fingerprint density at radius 2 is 1.89 bits per heavy atom. The predicted octanol–water partition coefficient (Wildman–Crippen LogP) is 4.45. The molecule has 1 aliphatic rings. The number of anilines is 1. The van der Waals surface area contributed by atoms with Gasteiger partial charge in [-0.3, -0.25) is 4.99 Å². The van der Waals surface area contributed by atoms with Gasteiger partial charge in [0.25, 0.3) is 0 Å². The third-order valence-corrected chi connectivity index (χ3v) is 4.27. The summed E-state index contributed by atoms with van der Waals surface area (Å²) >= 11 is 0. The first-order valence-corrected chi connectivity index (χ1v) is 9.10. The monoisotopic (exact) mass is 520 g/mol. The number of hydrogen-bond acceptors (Lipinski definition) is 2. The summed E-state index contributed by atoms with van der Waals surface area (Å²) in [4.78, 5) is 5.94. The van der Waals surface area contributed by atoms with Gasteiger partial charge in [0, 0.05) is 38.6 Å². The van der Waals surface area contributed by atoms with E-state index in [0.29, 0.717) is 38.4 Å². The Morgan fingerprint density at radius 3 is 2.50 bits per heavy atom. The van der Waals surface area contributed by atoms with E-state index in [9.17, 15) is 22.0 Å². The summed E-state index contributed by atoms with van der Waals surface area (Å²) in [6, 6.07) is 3.73. The Hall–Kier alpha value is -1.33. The Morgan fingerprint density at radius 1 is 1.21 bits per heavy atom. The number of unbranched alkanes of at least 4 members (excludes halogenated alkanes) is 1. The third kappa shape index (κ3) is 7.96. The molecule has 1 aromatic carbocycles. The van der Waals surface area contributed by atoms with Gasteiger partial charge >= 0.3 is 6.18 Å². The Balaban J connectivity index is 0.00000392. The maximum atomic E-state index is 13.9. The Kier molecular flexibility index (Phi) is 10.3. The standard InChI is InChI=1S/C18H25F5N4.HI/c1-2-24-17(25-10-4-3-9-18(21,22)23)26-13-8-11-27(12-13)16-14(19)6-5-7-15(16)20;/h5-7,13H,2-4,8-12H2,1H3,(H2,24,25,26);1H. The van der Waals surface area contributed by atoms with Crippen LogP contribution in [0.5, 0.6) is 0 Å². The highest BCUT2D eigenvalue weighted by molar-refractivity contribution is 14.0. The number of guanidine groups is 1. The van der Waals surface area contributed by atoms with E-state index in [2.05, 4.69) is 15.6 Å². The molecular formula is C18H26F5IN4. The summed E-state index contributed by atoms with van der Waals surface area (Å²) in [5.41, 5.74) is -0.0316. The topological polar surface area (TPSA) is 39.7 Å². The molecule has 0 radical (unpaired) electrons. The van der Waals surface area contributed by atoms with Crippen LogP contribution in [0.2, 0.25) is 0 Å². The molecule has 1 heterocycles. The quantitative estimate of drug-likeness (QED) is 0.184. The molecule has 10 heteroatoms. The number of alkyl halides is 3. The van der Waals surface area contributed by atoms with E-state index in [4.69, 9.17) is 0 Å². The maximum absolute atomic E-state index is 13.9. The lowest BCUT2D eigenvalue weighted by Gasteiger charge is -2.21. The average Bonchev–Trinajstić information content (AvgIpc) is 3.01. The molecule has 0 aliphatic carbocycles. The highest BCUT2D eigenvalue weighted by atomic mass is 127. The van der Waals surface area contributed by atoms with E-state index in [1.807, 2.05) is 6.92 Å². The second-order valence-corrected chi connectivity index (χ2v) is 6.48. The molecule has 2 N–H and O–H groups in total. The van der Waals surface area contributed by atoms with Crippen LogP contribution in [0.3, 0.4) is 0 Å². The molecule has 4 nitrogen and oxygen atoms in total. The number of nitrogens with zero attached hydrogens (tertiary/aromatic N) is 2. The molecule has 0 aromatic heterocycles. The minimum atomic E-state index is -4.14. The van der Waals surface area contributed by atoms with Crippen molar-refractivity contribution in [3.63, 3.8) is 0 Å². The van der Waals surface area contributed by atoms with Gasteiger partial charge in [-0.15, -0.1) is 24.0 Å². The van der Waals surface area contributed by atoms with Crippen LogP contribution in [0.1, 0.15) is 32.6 Å². The van der Waals surface area contributed by atoms with Crippen LogP contribution in [0.25, 0.3) is 0 Å². The lowest BCUT2D eigenvalue weighted by molar-refractivity contribution is -0.135. The molecule has 0 amide bonds. The van der Waals surface area contributed by atoms with Crippen molar-refractivity contribution in [1.29, 1.82) is 0 Å². The van der Waals surface area contributed by atoms with Crippen molar-refractivity contribution in [3.05, 3.63) is 29.8 Å². The fourth-order valence-electron chi connectivity index (χ4n) is 3.01. The fourth-order valence-corrected chi connectivity index (χ4v) is 3.01. The SMILES string of the molecule is CCNC(=NCCCCC(F)(F)F)NC1CCN(c2c(F)cccc2F)C1.I. The van der Waals surface area contributed by atoms with Crippen molar-refractivity contribution < 1.29 is 22.0 Å². The van der Waals surface area contributed by atoms with Gasteiger partial charge in [-0.25, -0.2) is 8.78 Å². The zero-order valence-corrected chi connectivity index (χ0v) is 18.0. The van der Waals surface area contributed by atoms with Crippen molar-refractivity contribution in [1.82, 2.24) is 10.6 Å². The van der Waals surface area contributed by atoms with Gasteiger partial charge in [0.1, 0.15) is 17.3 Å². The van der Waals surface area contributed by atoms with Gasteiger partial charge in [-0.1, -0.05) is 6.07 Å². The third-order valence-electron chi connectivity index (χ3n) is 4.27. The lowest BCUT2D eigenvalue weighted by atomic mass is 10.2. The molecule has 1 aliphatic heterocycles. The molecule has 1 saturated heterocycles. The molecule has 1 aromatic rings. The fraction of sp³-hybridized carbons (Fsp3) is 0.611. The maximum Gasteiger partial charge on any atom is 0.389 e. The van der Waals surface area contributed by atoms with Gasteiger partial charge in [0.2, 0.25) is 0 Å². The molecule has 160 valence electrons. The average molecular weight is 520 g/mol. The van der Waals surface area contributed by atoms with Gasteiger partial charge in [0.05, 0.1) is 0 Å². The van der Waals surface area contributed by atoms with Crippen LogP contribution in [0.4, 0.5) is 27.6 Å². The zero-order chi connectivity index (χ0) is 19.9. The molecule has 1 unspecified atom stereocenters. The first-order valence-electron chi connectivity index (χ1n) is 9.10. The van der Waals surface area contributed by atoms with E-state index < -0.39 is 24.2 Å². The number of halogens is 6. The molecule has 1 fully saturated rings. The van der Waals surface area contributed by atoms with Crippen molar-refractivity contribution in [2.75, 3.05) is 31.1 Å². The summed E-state index contributed by atoms with van der Waals surface area (Å²) in [6.45, 7) is 3.68. The number of hydrogen-bond donors (Lipinski definition) is 2. The highest BCUT2D eigenvalue weighted by Gasteiger charge is 2.27. The number of rotatable bonds is 7. The largest absolute Gasteiger partial charge is 0.389 e. The molecule has 1 atom stereocenters. The highest BCUT2D eigenvalue weighted by Crippen LogP contribution is 2.26. The van der Waals surface area contributed by atoms with Crippen LogP contribution in [-0.4, -0.2) is 44.4 Å². The Bertz CT molecular complexity index is 619. The van der Waals surface area contributed by atoms with Crippen molar-refractivity contribution in [3.8, 4) is 0 Å². The first-order chi connectivity index (χ1) is 12.8. The lowest BCUT2D eigenvalue weighted by Crippen LogP contribution is -2.44. The Labute approximate surface area is 179 Å². The number of aliphatic imine (C=N–C) groups is 1. The normalized spacial score (nSPS) is 17.4. The number of benzene rings is 1. The van der Waals surface area contributed by atoms with E-state index in [-0.39, 0.29) is 48.7 Å². The van der Waals surface area contributed by atoms with Crippen molar-refractivity contribution in [2.24, 2.45) is 4.99 Å². The molecule has 0 saturated carbocycles. The van der Waals surface area contributed by atoms with Crippen LogP contribution < -0.4 is 15.5 Å². The number of nitrogens with one attached hydrogen (secondary N) is 2. The zero-order valence-electron chi connectivity index (χ0n) is 15.7. The van der Waals surface area contributed by atoms with Crippen LogP contribution in [0.15, 0.2) is 23.2 Å². The van der Waals surface area contributed by atoms with Gasteiger partial charge in [-0.2, -0.15) is 13.2 Å². The number of para-hydroxylation sites is 1. The molecular weight excluding hydrogens is 494 g/mol. The smallest absolute Gasteiger partial charge is 0.365 e. The van der Waals surface area contributed by atoms with Crippen LogP contribution in [-0.2, 0) is 0 Å². The van der Waals surface area contributed by atoms with E-state index >= 15 is 0 Å². The molecule has 2 rings (SSSR count). The van der Waals surface area contributed by atoms with E-state index in [0.717, 1.165) is 0 Å². The van der Waals surface area contributed by atoms with Crippen LogP contribution in [0, 0.1) is 11.6 Å². The summed E-state index contributed by atoms with van der Waals surface area (Å²) < 4.78 is 64.3. The molecule has 0 bridgehead atoms.